The number of amides is 3. The maximum atomic E-state index is 14.4. The molecule has 0 aromatic heterocycles. The maximum absolute atomic E-state index is 14.4. The van der Waals surface area contributed by atoms with Crippen LogP contribution in [0.4, 0.5) is 9.59 Å². The van der Waals surface area contributed by atoms with Crippen molar-refractivity contribution in [2.45, 2.75) is 65.0 Å². The monoisotopic (exact) mass is 597 g/mol. The molecule has 43 heavy (non-hydrogen) atoms. The number of nitrogens with zero attached hydrogens (tertiary/aromatic N) is 1. The molecule has 1 saturated heterocycles. The van der Waals surface area contributed by atoms with Crippen LogP contribution >= 0.6 is 0 Å². The molecule has 9 heteroatoms. The number of esters is 1. The Kier molecular flexibility index (Phi) is 6.15. The number of rotatable bonds is 9. The Bertz CT molecular complexity index is 1890. The number of hydrogen-bond donors (Lipinski definition) is 1. The van der Waals surface area contributed by atoms with Crippen LogP contribution in [0.2, 0.25) is 0 Å². The van der Waals surface area contributed by atoms with Gasteiger partial charge in [0.2, 0.25) is 5.91 Å². The summed E-state index contributed by atoms with van der Waals surface area (Å²) in [4.78, 5) is 53.9. The number of alkyl carbamates (subject to hydrolysis) is 1. The van der Waals surface area contributed by atoms with E-state index >= 15 is 0 Å². The van der Waals surface area contributed by atoms with Gasteiger partial charge in [-0.2, -0.15) is 0 Å². The zero-order chi connectivity index (χ0) is 40.7. The van der Waals surface area contributed by atoms with E-state index in [9.17, 15) is 20.5 Å². The molecule has 2 atom stereocenters. The normalized spacial score (nSPS) is 21.2. The molecule has 226 valence electrons. The number of hydrogen-bond acceptors (Lipinski definition) is 7. The lowest BCUT2D eigenvalue weighted by Crippen LogP contribution is -2.46. The molecule has 1 heterocycles. The molecule has 1 aliphatic rings. The fraction of sp³-hybridized carbons (Fsp3) is 0.353. The summed E-state index contributed by atoms with van der Waals surface area (Å²) in [6.07, 6.45) is -2.40. The first-order valence-electron chi connectivity index (χ1n) is 18.7. The van der Waals surface area contributed by atoms with Gasteiger partial charge in [0.05, 0.1) is 23.0 Å². The second-order valence-electron chi connectivity index (χ2n) is 10.6. The molecule has 3 aromatic carbocycles. The fourth-order valence-electron chi connectivity index (χ4n) is 4.12. The van der Waals surface area contributed by atoms with Gasteiger partial charge in [-0.25, -0.2) is 19.3 Å². The van der Waals surface area contributed by atoms with E-state index in [2.05, 4.69) is 0 Å². The summed E-state index contributed by atoms with van der Waals surface area (Å²) >= 11 is 0. The van der Waals surface area contributed by atoms with Crippen LogP contribution in [0, 0.1) is 13.7 Å². The van der Waals surface area contributed by atoms with Gasteiger partial charge < -0.3 is 19.5 Å². The Labute approximate surface area is 267 Å². The zero-order valence-corrected chi connectivity index (χ0v) is 23.7. The predicted octanol–water partition coefficient (Wildman–Crippen LogP) is 5.86. The standard InChI is InChI=1S/C34H38N2O7/c1-22-11-16-28(23(2)17-22)31(38)41-20-25-12-14-26(15-13-25)29(19-35-32(39)43-34(3,4)5)30(37)36-27(21-42-33(36)40)18-24-9-7-6-8-10-24/h6-17,27,29H,18-21H2,1-5H3,(H,35,39)/t27-,29?/m1/s1/i1D3,2D3,19D2,20D2,29D. The molecular weight excluding hydrogens is 548 g/mol. The number of ether oxygens (including phenoxy) is 3. The van der Waals surface area contributed by atoms with Gasteiger partial charge in [-0.3, -0.25) is 4.79 Å². The zero-order valence-electron chi connectivity index (χ0n) is 34.7. The topological polar surface area (TPSA) is 111 Å². The smallest absolute Gasteiger partial charge is 0.417 e. The lowest BCUT2D eigenvalue weighted by atomic mass is 9.95. The van der Waals surface area contributed by atoms with Gasteiger partial charge in [0.1, 0.15) is 18.8 Å². The average molecular weight is 598 g/mol. The summed E-state index contributed by atoms with van der Waals surface area (Å²) in [5.41, 5.74) is -2.97. The largest absolute Gasteiger partial charge is 0.457 e. The number of carbonyl (C=O) groups excluding carboxylic acids is 4. The Morgan fingerprint density at radius 1 is 1.07 bits per heavy atom. The van der Waals surface area contributed by atoms with E-state index in [1.165, 1.54) is 20.8 Å². The van der Waals surface area contributed by atoms with Crippen LogP contribution in [0.3, 0.4) is 0 Å². The van der Waals surface area contributed by atoms with Crippen molar-refractivity contribution in [1.29, 1.82) is 0 Å². The maximum Gasteiger partial charge on any atom is 0.417 e. The molecule has 3 aromatic rings. The Hall–Kier alpha value is -4.66. The summed E-state index contributed by atoms with van der Waals surface area (Å²) in [6, 6.07) is 14.3. The number of cyclic esters (lactones) is 1. The Morgan fingerprint density at radius 2 is 1.81 bits per heavy atom. The lowest BCUT2D eigenvalue weighted by molar-refractivity contribution is -0.130. The number of nitrogens with one attached hydrogen (secondary N) is 1. The van der Waals surface area contributed by atoms with Crippen molar-refractivity contribution in [3.05, 3.63) is 106 Å². The molecule has 9 nitrogen and oxygen atoms in total. The quantitative estimate of drug-likeness (QED) is 0.243. The van der Waals surface area contributed by atoms with Crippen LogP contribution in [0.25, 0.3) is 0 Å². The van der Waals surface area contributed by atoms with Crippen molar-refractivity contribution < 1.29 is 48.5 Å². The van der Waals surface area contributed by atoms with Crippen molar-refractivity contribution in [1.82, 2.24) is 10.2 Å². The number of benzene rings is 3. The summed E-state index contributed by atoms with van der Waals surface area (Å²) < 4.78 is 106. The van der Waals surface area contributed by atoms with Crippen LogP contribution in [0.1, 0.15) is 79.9 Å². The van der Waals surface area contributed by atoms with E-state index in [-0.39, 0.29) is 18.6 Å². The minimum atomic E-state index is -3.30. The summed E-state index contributed by atoms with van der Waals surface area (Å²) in [5.74, 6) is -6.03. The van der Waals surface area contributed by atoms with E-state index in [4.69, 9.17) is 27.9 Å². The molecule has 0 radical (unpaired) electrons. The SMILES string of the molecule is [2H]C([2H])([2H])c1ccc(C(=O)OC([2H])([2H])c2ccc(C([2H])(C(=O)N3C(=O)OC[C@H]3Cc3ccccc3)C([2H])([2H])NC(=O)OC(C)(C)C)cc2)c(C([2H])([2H])[2H])c1. The van der Waals surface area contributed by atoms with E-state index in [1.54, 1.807) is 30.3 Å². The highest BCUT2D eigenvalue weighted by Gasteiger charge is 2.41. The van der Waals surface area contributed by atoms with Crippen LogP contribution < -0.4 is 5.32 Å². The molecule has 0 aliphatic carbocycles. The lowest BCUT2D eigenvalue weighted by Gasteiger charge is -2.26. The molecular formula is C34H38N2O7. The molecule has 0 spiro atoms. The highest BCUT2D eigenvalue weighted by Crippen LogP contribution is 2.26. The molecule has 3 amide bonds. The van der Waals surface area contributed by atoms with E-state index in [1.807, 2.05) is 5.32 Å². The van der Waals surface area contributed by atoms with Gasteiger partial charge in [-0.05, 0) is 69.2 Å². The first-order chi connectivity index (χ1) is 24.7. The average Bonchev–Trinajstić information content (AvgIpc) is 3.40. The summed E-state index contributed by atoms with van der Waals surface area (Å²) in [7, 11) is 0. The summed E-state index contributed by atoms with van der Waals surface area (Å²) in [5, 5.41) is 1.92. The fourth-order valence-corrected chi connectivity index (χ4v) is 4.12. The molecule has 0 saturated carbocycles. The van der Waals surface area contributed by atoms with Crippen molar-refractivity contribution in [2.75, 3.05) is 13.1 Å². The molecule has 1 aliphatic heterocycles. The predicted molar refractivity (Wildman–Crippen MR) is 161 cm³/mol. The van der Waals surface area contributed by atoms with Gasteiger partial charge >= 0.3 is 18.2 Å². The van der Waals surface area contributed by atoms with Gasteiger partial charge in [-0.1, -0.05) is 72.3 Å². The highest BCUT2D eigenvalue weighted by atomic mass is 16.6. The van der Waals surface area contributed by atoms with E-state index in [0.717, 1.165) is 42.5 Å². The minimum absolute atomic E-state index is 0.0871. The van der Waals surface area contributed by atoms with Gasteiger partial charge in [0, 0.05) is 16.1 Å². The van der Waals surface area contributed by atoms with Crippen LogP contribution in [0.5, 0.6) is 0 Å². The van der Waals surface area contributed by atoms with Crippen LogP contribution in [-0.4, -0.2) is 53.7 Å². The second kappa shape index (κ2) is 13.5. The van der Waals surface area contributed by atoms with Gasteiger partial charge in [0.15, 0.2) is 0 Å². The van der Waals surface area contributed by atoms with Crippen molar-refractivity contribution >= 4 is 24.1 Å². The van der Waals surface area contributed by atoms with Crippen molar-refractivity contribution in [3.63, 3.8) is 0 Å². The third-order valence-corrected chi connectivity index (χ3v) is 6.07. The molecule has 1 N–H and O–H groups in total. The highest BCUT2D eigenvalue weighted by molar-refractivity contribution is 5.97. The second-order valence-corrected chi connectivity index (χ2v) is 10.6. The van der Waals surface area contributed by atoms with Crippen LogP contribution in [0.15, 0.2) is 72.8 Å². The number of aryl methyl sites for hydroxylation is 2. The van der Waals surface area contributed by atoms with E-state index in [0.29, 0.717) is 10.5 Å². The first-order valence-corrected chi connectivity index (χ1v) is 13.2. The third-order valence-electron chi connectivity index (χ3n) is 6.07. The van der Waals surface area contributed by atoms with Crippen molar-refractivity contribution in [3.8, 4) is 0 Å². The number of imide groups is 1. The Balaban J connectivity index is 1.73. The van der Waals surface area contributed by atoms with Gasteiger partial charge in [-0.15, -0.1) is 0 Å². The van der Waals surface area contributed by atoms with E-state index < -0.39 is 90.6 Å². The van der Waals surface area contributed by atoms with Gasteiger partial charge in [0.25, 0.3) is 0 Å². The van der Waals surface area contributed by atoms with Crippen LogP contribution in [-0.2, 0) is 32.0 Å². The summed E-state index contributed by atoms with van der Waals surface area (Å²) in [6.45, 7) is -7.75. The minimum Gasteiger partial charge on any atom is -0.457 e. The third kappa shape index (κ3) is 8.44. The molecule has 1 fully saturated rings. The molecule has 1 unspecified atom stereocenters. The van der Waals surface area contributed by atoms with Crippen molar-refractivity contribution in [2.24, 2.45) is 0 Å². The Morgan fingerprint density at radius 3 is 2.49 bits per heavy atom. The number of carbonyl (C=O) groups is 4. The first kappa shape index (κ1) is 19.5. The molecule has 4 rings (SSSR count). The molecule has 0 bridgehead atoms.